The first-order valence-electron chi connectivity index (χ1n) is 10.2. The maximum atomic E-state index is 6.70. The summed E-state index contributed by atoms with van der Waals surface area (Å²) in [6.45, 7) is 5.53. The zero-order valence-electron chi connectivity index (χ0n) is 16.1. The fourth-order valence-corrected chi connectivity index (χ4v) is 5.12. The minimum Gasteiger partial charge on any atom is -0.466 e. The van der Waals surface area contributed by atoms with Gasteiger partial charge in [0, 0.05) is 60.3 Å². The number of halogens is 1. The topological polar surface area (TPSA) is 41.0 Å². The van der Waals surface area contributed by atoms with Crippen molar-refractivity contribution < 1.29 is 4.74 Å². The Morgan fingerprint density at radius 1 is 1.18 bits per heavy atom. The molecule has 5 nitrogen and oxygen atoms in total. The van der Waals surface area contributed by atoms with Crippen molar-refractivity contribution in [3.05, 3.63) is 58.3 Å². The minimum absolute atomic E-state index is 0.224. The van der Waals surface area contributed by atoms with Crippen LogP contribution in [-0.4, -0.2) is 46.0 Å². The summed E-state index contributed by atoms with van der Waals surface area (Å²) in [5, 5.41) is 7.40. The van der Waals surface area contributed by atoms with E-state index in [0.717, 1.165) is 60.4 Å². The summed E-state index contributed by atoms with van der Waals surface area (Å²) in [6.07, 6.45) is 7.74. The Hall–Kier alpha value is -1.92. The predicted molar refractivity (Wildman–Crippen MR) is 113 cm³/mol. The van der Waals surface area contributed by atoms with Crippen molar-refractivity contribution in [1.82, 2.24) is 14.9 Å². The summed E-state index contributed by atoms with van der Waals surface area (Å²) < 4.78 is 7.78. The molecule has 1 spiro atoms. The van der Waals surface area contributed by atoms with Crippen LogP contribution in [0, 0.1) is 0 Å². The maximum absolute atomic E-state index is 6.70. The standard InChI is InChI=1S/C22H25BrN4O/c1-2-11-26-12-7-22(8-13-26)27-20(18-14-17(23)3-4-21(18)28-22)15-19(25-27)16-5-9-24-10-6-16/h3-6,9-10,14,20H,2,7-8,11-13,15H2,1H3/t20-/m0/s1. The fraction of sp³-hybridized carbons (Fsp3) is 0.455. The monoisotopic (exact) mass is 440 g/mol. The summed E-state index contributed by atoms with van der Waals surface area (Å²) in [7, 11) is 0. The molecule has 0 saturated carbocycles. The van der Waals surface area contributed by atoms with Gasteiger partial charge in [0.2, 0.25) is 5.72 Å². The van der Waals surface area contributed by atoms with Crippen LogP contribution >= 0.6 is 15.9 Å². The van der Waals surface area contributed by atoms with Gasteiger partial charge in [0.25, 0.3) is 0 Å². The smallest absolute Gasteiger partial charge is 0.200 e. The lowest BCUT2D eigenvalue weighted by Gasteiger charge is -2.51. The van der Waals surface area contributed by atoms with Crippen LogP contribution in [0.1, 0.15) is 49.8 Å². The van der Waals surface area contributed by atoms with Gasteiger partial charge in [-0.05, 0) is 43.3 Å². The summed E-state index contributed by atoms with van der Waals surface area (Å²) in [5.74, 6) is 1.01. The number of aromatic nitrogens is 1. The molecule has 4 heterocycles. The van der Waals surface area contributed by atoms with Crippen LogP contribution in [0.2, 0.25) is 0 Å². The number of hydrazone groups is 1. The lowest BCUT2D eigenvalue weighted by Crippen LogP contribution is -2.59. The third-order valence-corrected chi connectivity index (χ3v) is 6.64. The molecule has 28 heavy (non-hydrogen) atoms. The van der Waals surface area contributed by atoms with Crippen molar-refractivity contribution in [2.75, 3.05) is 19.6 Å². The van der Waals surface area contributed by atoms with Crippen molar-refractivity contribution in [3.63, 3.8) is 0 Å². The van der Waals surface area contributed by atoms with Crippen molar-refractivity contribution >= 4 is 21.6 Å². The summed E-state index contributed by atoms with van der Waals surface area (Å²) in [4.78, 5) is 6.71. The number of piperidine rings is 1. The molecule has 0 amide bonds. The van der Waals surface area contributed by atoms with Gasteiger partial charge in [-0.3, -0.25) is 4.98 Å². The van der Waals surface area contributed by atoms with Crippen LogP contribution in [0.25, 0.3) is 0 Å². The van der Waals surface area contributed by atoms with Crippen molar-refractivity contribution in [1.29, 1.82) is 0 Å². The molecule has 2 aromatic rings. The van der Waals surface area contributed by atoms with Crippen molar-refractivity contribution in [2.45, 2.75) is 44.4 Å². The minimum atomic E-state index is -0.343. The average molecular weight is 441 g/mol. The zero-order valence-corrected chi connectivity index (χ0v) is 17.7. The molecule has 6 heteroatoms. The van der Waals surface area contributed by atoms with E-state index < -0.39 is 0 Å². The first kappa shape index (κ1) is 18.1. The molecule has 1 saturated heterocycles. The first-order valence-corrected chi connectivity index (χ1v) is 11.0. The van der Waals surface area contributed by atoms with E-state index in [9.17, 15) is 0 Å². The second-order valence-electron chi connectivity index (χ2n) is 7.92. The Morgan fingerprint density at radius 2 is 1.96 bits per heavy atom. The van der Waals surface area contributed by atoms with Gasteiger partial charge >= 0.3 is 0 Å². The van der Waals surface area contributed by atoms with E-state index in [4.69, 9.17) is 9.84 Å². The predicted octanol–water partition coefficient (Wildman–Crippen LogP) is 4.59. The van der Waals surface area contributed by atoms with Crippen LogP contribution in [0.4, 0.5) is 0 Å². The number of pyridine rings is 1. The second kappa shape index (κ2) is 7.16. The Morgan fingerprint density at radius 3 is 2.71 bits per heavy atom. The summed E-state index contributed by atoms with van der Waals surface area (Å²) in [6, 6.07) is 10.7. The highest BCUT2D eigenvalue weighted by molar-refractivity contribution is 9.10. The summed E-state index contributed by atoms with van der Waals surface area (Å²) in [5.41, 5.74) is 3.16. The highest BCUT2D eigenvalue weighted by Crippen LogP contribution is 2.50. The Bertz CT molecular complexity index is 893. The molecular formula is C22H25BrN4O. The van der Waals surface area contributed by atoms with E-state index >= 15 is 0 Å². The Labute approximate surface area is 174 Å². The first-order chi connectivity index (χ1) is 13.7. The van der Waals surface area contributed by atoms with Gasteiger partial charge in [-0.2, -0.15) is 5.10 Å². The molecule has 5 rings (SSSR count). The van der Waals surface area contributed by atoms with Gasteiger partial charge in [0.15, 0.2) is 0 Å². The molecule has 3 aliphatic heterocycles. The Kier molecular flexibility index (Phi) is 4.63. The number of likely N-dealkylation sites (tertiary alicyclic amines) is 1. The molecule has 3 aliphatic rings. The normalized spacial score (nSPS) is 23.1. The number of hydrogen-bond acceptors (Lipinski definition) is 5. The van der Waals surface area contributed by atoms with E-state index in [0.29, 0.717) is 0 Å². The third-order valence-electron chi connectivity index (χ3n) is 6.15. The van der Waals surface area contributed by atoms with Gasteiger partial charge < -0.3 is 9.64 Å². The SMILES string of the molecule is CCCN1CCC2(CC1)Oc1ccc(Br)cc1[C@@H]1CC(c3ccncc3)=NN12. The third kappa shape index (κ3) is 3.03. The average Bonchev–Trinajstić information content (AvgIpc) is 3.18. The molecular weight excluding hydrogens is 416 g/mol. The van der Waals surface area contributed by atoms with Gasteiger partial charge in [-0.15, -0.1) is 0 Å². The summed E-state index contributed by atoms with van der Waals surface area (Å²) >= 11 is 3.63. The largest absolute Gasteiger partial charge is 0.466 e. The Balaban J connectivity index is 1.53. The quantitative estimate of drug-likeness (QED) is 0.699. The van der Waals surface area contributed by atoms with Crippen molar-refractivity contribution in [2.24, 2.45) is 5.10 Å². The van der Waals surface area contributed by atoms with E-state index in [1.807, 2.05) is 12.4 Å². The molecule has 1 aromatic heterocycles. The molecule has 1 atom stereocenters. The fourth-order valence-electron chi connectivity index (χ4n) is 4.74. The number of nitrogens with zero attached hydrogens (tertiary/aromatic N) is 4. The molecule has 0 bridgehead atoms. The molecule has 1 aromatic carbocycles. The zero-order chi connectivity index (χ0) is 19.1. The number of benzene rings is 1. The van der Waals surface area contributed by atoms with Crippen LogP contribution in [0.3, 0.4) is 0 Å². The van der Waals surface area contributed by atoms with Gasteiger partial charge in [-0.25, -0.2) is 5.01 Å². The molecule has 0 unspecified atom stereocenters. The van der Waals surface area contributed by atoms with E-state index in [-0.39, 0.29) is 11.8 Å². The van der Waals surface area contributed by atoms with Gasteiger partial charge in [0.1, 0.15) is 5.75 Å². The van der Waals surface area contributed by atoms with Gasteiger partial charge in [0.05, 0.1) is 11.8 Å². The second-order valence-corrected chi connectivity index (χ2v) is 8.83. The molecule has 0 radical (unpaired) electrons. The van der Waals surface area contributed by atoms with Crippen LogP contribution < -0.4 is 4.74 Å². The van der Waals surface area contributed by atoms with Crippen LogP contribution in [-0.2, 0) is 0 Å². The lowest BCUT2D eigenvalue weighted by molar-refractivity contribution is -0.149. The lowest BCUT2D eigenvalue weighted by atomic mass is 9.91. The number of hydrogen-bond donors (Lipinski definition) is 0. The number of rotatable bonds is 3. The molecule has 0 N–H and O–H groups in total. The molecule has 146 valence electrons. The highest BCUT2D eigenvalue weighted by Gasteiger charge is 2.51. The maximum Gasteiger partial charge on any atom is 0.200 e. The van der Waals surface area contributed by atoms with Gasteiger partial charge in [-0.1, -0.05) is 22.9 Å². The van der Waals surface area contributed by atoms with Crippen LogP contribution in [0.15, 0.2) is 52.3 Å². The van der Waals surface area contributed by atoms with E-state index in [1.54, 1.807) is 0 Å². The molecule has 0 aliphatic carbocycles. The molecule has 1 fully saturated rings. The van der Waals surface area contributed by atoms with E-state index in [1.165, 1.54) is 12.0 Å². The highest BCUT2D eigenvalue weighted by atomic mass is 79.9. The van der Waals surface area contributed by atoms with Crippen LogP contribution in [0.5, 0.6) is 5.75 Å². The number of ether oxygens (including phenoxy) is 1. The van der Waals surface area contributed by atoms with Crippen molar-refractivity contribution in [3.8, 4) is 5.75 Å². The van der Waals surface area contributed by atoms with E-state index in [2.05, 4.69) is 68.1 Å². The number of fused-ring (bicyclic) bond motifs is 4.